The van der Waals surface area contributed by atoms with E-state index in [0.29, 0.717) is 12.1 Å². The summed E-state index contributed by atoms with van der Waals surface area (Å²) in [5.74, 6) is 0.604. The maximum absolute atomic E-state index is 12.5. The Morgan fingerprint density at radius 3 is 2.49 bits per heavy atom. The predicted molar refractivity (Wildman–Crippen MR) is 186 cm³/mol. The number of aliphatic hydroxyl groups is 1. The second-order valence-electron chi connectivity index (χ2n) is 11.4. The summed E-state index contributed by atoms with van der Waals surface area (Å²) >= 11 is 3.43. The number of carbonyl (C=O) groups excluding carboxylic acids is 1. The van der Waals surface area contributed by atoms with Gasteiger partial charge in [-0.2, -0.15) is 0 Å². The van der Waals surface area contributed by atoms with E-state index in [1.807, 2.05) is 54.6 Å². The Balaban J connectivity index is 1.06. The van der Waals surface area contributed by atoms with Crippen LogP contribution in [0, 0.1) is 0 Å². The number of aromatic nitrogens is 2. The molecule has 1 fully saturated rings. The molecule has 0 radical (unpaired) electrons. The smallest absolute Gasteiger partial charge is 0.253 e. The summed E-state index contributed by atoms with van der Waals surface area (Å²) < 4.78 is 15.4. The summed E-state index contributed by atoms with van der Waals surface area (Å²) in [5.41, 5.74) is 7.56. The van der Waals surface area contributed by atoms with Crippen molar-refractivity contribution < 1.29 is 19.4 Å². The van der Waals surface area contributed by atoms with Gasteiger partial charge in [0.05, 0.1) is 34.6 Å². The van der Waals surface area contributed by atoms with Gasteiger partial charge in [-0.3, -0.25) is 9.78 Å². The quantitative estimate of drug-likeness (QED) is 0.144. The second-order valence-corrected chi connectivity index (χ2v) is 13.7. The van der Waals surface area contributed by atoms with E-state index in [1.165, 1.54) is 4.70 Å². The zero-order valence-electron chi connectivity index (χ0n) is 25.5. The summed E-state index contributed by atoms with van der Waals surface area (Å²) in [6, 6.07) is 36.1. The lowest BCUT2D eigenvalue weighted by atomic mass is 9.99. The Labute approximate surface area is 281 Å². The topological polar surface area (TPSA) is 93.6 Å². The molecule has 0 spiro atoms. The summed E-state index contributed by atoms with van der Waals surface area (Å²) in [4.78, 5) is 21.3. The van der Waals surface area contributed by atoms with Gasteiger partial charge in [-0.1, -0.05) is 90.6 Å². The minimum Gasteiger partial charge on any atom is -0.392 e. The van der Waals surface area contributed by atoms with Gasteiger partial charge in [0.2, 0.25) is 0 Å². The third kappa shape index (κ3) is 7.62. The first-order valence-electron chi connectivity index (χ1n) is 15.5. The van der Waals surface area contributed by atoms with E-state index in [4.69, 9.17) is 14.5 Å². The highest BCUT2D eigenvalue weighted by Crippen LogP contribution is 2.40. The predicted octanol–water partition coefficient (Wildman–Crippen LogP) is 8.12. The van der Waals surface area contributed by atoms with E-state index < -0.39 is 6.29 Å². The average Bonchev–Trinajstić information content (AvgIpc) is 3.57. The number of hydrogen-bond donors (Lipinski definition) is 2. The van der Waals surface area contributed by atoms with Crippen LogP contribution < -0.4 is 5.32 Å². The average molecular weight is 660 g/mol. The number of nitrogens with zero attached hydrogens (tertiary/aromatic N) is 2. The number of nitrogens with one attached hydrogen (secondary N) is 1. The van der Waals surface area contributed by atoms with E-state index in [-0.39, 0.29) is 24.7 Å². The van der Waals surface area contributed by atoms with Crippen molar-refractivity contribution in [2.24, 2.45) is 0 Å². The molecule has 0 aliphatic carbocycles. The van der Waals surface area contributed by atoms with Crippen LogP contribution in [-0.4, -0.2) is 32.8 Å². The van der Waals surface area contributed by atoms with E-state index in [2.05, 4.69) is 52.8 Å². The lowest BCUT2D eigenvalue weighted by Crippen LogP contribution is -2.31. The number of fused-ring (bicyclic) bond motifs is 1. The summed E-state index contributed by atoms with van der Waals surface area (Å²) in [6.07, 6.45) is 3.19. The van der Waals surface area contributed by atoms with Gasteiger partial charge in [-0.25, -0.2) is 4.98 Å². The van der Waals surface area contributed by atoms with E-state index in [0.717, 1.165) is 55.4 Å². The molecule has 6 aromatic rings. The van der Waals surface area contributed by atoms with Crippen LogP contribution in [0.2, 0.25) is 0 Å². The number of ether oxygens (including phenoxy) is 2. The number of rotatable bonds is 10. The Morgan fingerprint density at radius 2 is 1.70 bits per heavy atom. The molecule has 4 aromatic carbocycles. The highest BCUT2D eigenvalue weighted by atomic mass is 32.2. The first kappa shape index (κ1) is 31.2. The molecule has 236 valence electrons. The van der Waals surface area contributed by atoms with Crippen LogP contribution in [0.4, 0.5) is 0 Å². The summed E-state index contributed by atoms with van der Waals surface area (Å²) in [5, 5.41) is 12.5. The number of hydrogen-bond acceptors (Lipinski definition) is 8. The number of carbonyl (C=O) groups is 1. The zero-order chi connectivity index (χ0) is 32.0. The summed E-state index contributed by atoms with van der Waals surface area (Å²) in [7, 11) is 0. The van der Waals surface area contributed by atoms with Crippen LogP contribution in [0.3, 0.4) is 0 Å². The SMILES string of the molecule is O=C(NCc1cccc(-c2ccc(C3OC(CSc4nc5ccccc5s4)CC(c4ccc(CO)cc4)O3)cc2)c1)c1cccnc1. The van der Waals surface area contributed by atoms with Gasteiger partial charge in [-0.15, -0.1) is 11.3 Å². The van der Waals surface area contributed by atoms with Crippen LogP contribution in [0.5, 0.6) is 0 Å². The van der Waals surface area contributed by atoms with E-state index in [1.54, 1.807) is 47.6 Å². The van der Waals surface area contributed by atoms with Gasteiger partial charge in [0.25, 0.3) is 5.91 Å². The molecule has 9 heteroatoms. The van der Waals surface area contributed by atoms with Crippen molar-refractivity contribution in [3.05, 3.63) is 149 Å². The lowest BCUT2D eigenvalue weighted by Gasteiger charge is -2.36. The van der Waals surface area contributed by atoms with Crippen LogP contribution >= 0.6 is 23.1 Å². The van der Waals surface area contributed by atoms with E-state index >= 15 is 0 Å². The second kappa shape index (κ2) is 14.6. The molecule has 3 unspecified atom stereocenters. The van der Waals surface area contributed by atoms with Crippen molar-refractivity contribution in [1.82, 2.24) is 15.3 Å². The fourth-order valence-corrected chi connectivity index (χ4v) is 7.69. The maximum atomic E-state index is 12.5. The number of pyridine rings is 1. The number of amides is 1. The van der Waals surface area contributed by atoms with Gasteiger partial charge < -0.3 is 19.9 Å². The molecule has 3 heterocycles. The molecular formula is C38H33N3O4S2. The number of benzene rings is 4. The van der Waals surface area contributed by atoms with Gasteiger partial charge in [0.15, 0.2) is 10.6 Å². The van der Waals surface area contributed by atoms with Crippen molar-refractivity contribution >= 4 is 39.2 Å². The molecule has 1 amide bonds. The fraction of sp³-hybridized carbons (Fsp3) is 0.184. The fourth-order valence-electron chi connectivity index (χ4n) is 5.57. The van der Waals surface area contributed by atoms with Crippen molar-refractivity contribution in [3.8, 4) is 11.1 Å². The Bertz CT molecular complexity index is 1920. The third-order valence-electron chi connectivity index (χ3n) is 8.10. The first-order valence-corrected chi connectivity index (χ1v) is 17.3. The molecule has 3 atom stereocenters. The highest BCUT2D eigenvalue weighted by molar-refractivity contribution is 8.01. The largest absolute Gasteiger partial charge is 0.392 e. The molecular weight excluding hydrogens is 627 g/mol. The standard InChI is InChI=1S/C38H33N3O4S2/c42-23-25-10-12-28(13-11-25)34-20-32(24-46-38-41-33-8-1-2-9-35(33)47-38)44-37(45-34)29-16-14-27(15-17-29)30-6-3-5-26(19-30)21-40-36(43)31-7-4-18-39-22-31/h1-19,22,32,34,37,42H,20-21,23-24H2,(H,40,43). The summed E-state index contributed by atoms with van der Waals surface area (Å²) in [6.45, 7) is 0.425. The Hall–Kier alpha value is -4.38. The Kier molecular flexibility index (Phi) is 9.69. The molecule has 7 nitrogen and oxygen atoms in total. The van der Waals surface area contributed by atoms with Crippen molar-refractivity contribution in [3.63, 3.8) is 0 Å². The molecule has 0 bridgehead atoms. The lowest BCUT2D eigenvalue weighted by molar-refractivity contribution is -0.245. The molecule has 47 heavy (non-hydrogen) atoms. The third-order valence-corrected chi connectivity index (χ3v) is 10.4. The van der Waals surface area contributed by atoms with Crippen molar-refractivity contribution in [2.75, 3.05) is 5.75 Å². The number of para-hydroxylation sites is 1. The molecule has 1 saturated heterocycles. The van der Waals surface area contributed by atoms with Gasteiger partial charge >= 0.3 is 0 Å². The number of thioether (sulfide) groups is 1. The van der Waals surface area contributed by atoms with Gasteiger partial charge in [0, 0.05) is 36.7 Å². The highest BCUT2D eigenvalue weighted by Gasteiger charge is 2.32. The van der Waals surface area contributed by atoms with E-state index in [9.17, 15) is 9.90 Å². The minimum atomic E-state index is -0.532. The van der Waals surface area contributed by atoms with Crippen molar-refractivity contribution in [1.29, 1.82) is 0 Å². The molecule has 0 saturated carbocycles. The normalized spacial score (nSPS) is 17.9. The first-order chi connectivity index (χ1) is 23.1. The van der Waals surface area contributed by atoms with Crippen LogP contribution in [-0.2, 0) is 22.6 Å². The molecule has 2 N–H and O–H groups in total. The van der Waals surface area contributed by atoms with Gasteiger partial charge in [-0.05, 0) is 58.1 Å². The molecule has 7 rings (SSSR count). The minimum absolute atomic E-state index is 0.00820. The number of aliphatic hydroxyl groups excluding tert-OH is 1. The molecule has 1 aliphatic rings. The zero-order valence-corrected chi connectivity index (χ0v) is 27.1. The molecule has 2 aromatic heterocycles. The monoisotopic (exact) mass is 659 g/mol. The van der Waals surface area contributed by atoms with Crippen LogP contribution in [0.1, 0.15) is 51.4 Å². The van der Waals surface area contributed by atoms with Crippen LogP contribution in [0.25, 0.3) is 21.3 Å². The van der Waals surface area contributed by atoms with Crippen LogP contribution in [0.15, 0.2) is 126 Å². The maximum Gasteiger partial charge on any atom is 0.253 e. The molecule has 1 aliphatic heterocycles. The Morgan fingerprint density at radius 1 is 0.872 bits per heavy atom. The number of thiazole rings is 1. The van der Waals surface area contributed by atoms with Crippen molar-refractivity contribution in [2.45, 2.75) is 42.4 Å². The van der Waals surface area contributed by atoms with Gasteiger partial charge in [0.1, 0.15) is 0 Å².